The van der Waals surface area contributed by atoms with Crippen LogP contribution in [-0.2, 0) is 4.43 Å². The summed E-state index contributed by atoms with van der Waals surface area (Å²) < 4.78 is 7.72. The van der Waals surface area contributed by atoms with Crippen molar-refractivity contribution in [1.82, 2.24) is 0 Å². The van der Waals surface area contributed by atoms with Crippen LogP contribution in [0.5, 0.6) is 0 Å². The van der Waals surface area contributed by atoms with Gasteiger partial charge in [0.25, 0.3) is 8.32 Å². The predicted molar refractivity (Wildman–Crippen MR) is 195 cm³/mol. The first kappa shape index (κ1) is 33.3. The van der Waals surface area contributed by atoms with Crippen molar-refractivity contribution in [2.45, 2.75) is 129 Å². The van der Waals surface area contributed by atoms with E-state index in [-0.39, 0.29) is 10.5 Å². The van der Waals surface area contributed by atoms with Gasteiger partial charge >= 0.3 is 0 Å². The highest BCUT2D eigenvalue weighted by Crippen LogP contribution is 2.68. The molecule has 2 aromatic rings. The van der Waals surface area contributed by atoms with Gasteiger partial charge in [0.15, 0.2) is 0 Å². The van der Waals surface area contributed by atoms with Gasteiger partial charge in [0.2, 0.25) is 0 Å². The van der Waals surface area contributed by atoms with Crippen LogP contribution >= 0.6 is 0 Å². The Labute approximate surface area is 277 Å². The Morgan fingerprint density at radius 1 is 0.778 bits per heavy atom. The highest BCUT2D eigenvalue weighted by molar-refractivity contribution is 6.99. The largest absolute Gasteiger partial charge is 0.404 e. The molecule has 6 rings (SSSR count). The summed E-state index contributed by atoms with van der Waals surface area (Å²) in [7, 11) is -4.04. The Balaban J connectivity index is 1.22. The smallest absolute Gasteiger partial charge is 0.261 e. The Hall–Kier alpha value is -1.65. The molecule has 2 aromatic carbocycles. The van der Waals surface area contributed by atoms with Crippen LogP contribution in [-0.4, -0.2) is 33.7 Å². The van der Waals surface area contributed by atoms with Crippen LogP contribution < -0.4 is 10.4 Å². The highest BCUT2D eigenvalue weighted by Gasteiger charge is 2.61. The maximum atomic E-state index is 11.3. The van der Waals surface area contributed by atoms with Crippen LogP contribution in [0.3, 0.4) is 0 Å². The molecule has 45 heavy (non-hydrogen) atoms. The molecule has 0 aromatic heterocycles. The summed E-state index contributed by atoms with van der Waals surface area (Å²) in [5.74, 6) is 6.81. The Kier molecular flexibility index (Phi) is 8.95. The van der Waals surface area contributed by atoms with Crippen molar-refractivity contribution >= 4 is 26.8 Å². The lowest BCUT2D eigenvalue weighted by molar-refractivity contribution is -0.129. The molecule has 4 saturated carbocycles. The zero-order chi connectivity index (χ0) is 32.3. The van der Waals surface area contributed by atoms with E-state index in [2.05, 4.69) is 126 Å². The van der Waals surface area contributed by atoms with Crippen LogP contribution in [0.4, 0.5) is 0 Å². The lowest BCUT2D eigenvalue weighted by Gasteiger charge is -2.61. The van der Waals surface area contributed by atoms with Crippen molar-refractivity contribution in [3.8, 4) is 11.5 Å². The summed E-state index contributed by atoms with van der Waals surface area (Å²) in [5.41, 5.74) is 4.14. The quantitative estimate of drug-likeness (QED) is 0.261. The molecule has 0 aliphatic heterocycles. The molecule has 0 bridgehead atoms. The molecule has 0 amide bonds. The number of aliphatic hydroxyl groups is 1. The topological polar surface area (TPSA) is 29.5 Å². The molecule has 4 unspecified atom stereocenters. The summed E-state index contributed by atoms with van der Waals surface area (Å²) in [6.07, 6.45) is 11.3. The predicted octanol–water partition coefficient (Wildman–Crippen LogP) is 8.83. The molecule has 0 heterocycles. The monoisotopic (exact) mass is 640 g/mol. The summed E-state index contributed by atoms with van der Waals surface area (Å²) >= 11 is 0. The number of aliphatic hydroxyl groups excluding tert-OH is 1. The molecule has 4 aliphatic rings. The average Bonchev–Trinajstić information content (AvgIpc) is 3.36. The fourth-order valence-electron chi connectivity index (χ4n) is 11.2. The fraction of sp³-hybridized carbons (Fsp3) is 0.659. The number of hydrogen-bond donors (Lipinski definition) is 1. The first-order valence-corrected chi connectivity index (χ1v) is 23.6. The van der Waals surface area contributed by atoms with E-state index in [4.69, 9.17) is 4.43 Å². The van der Waals surface area contributed by atoms with Crippen LogP contribution in [0.15, 0.2) is 60.7 Å². The molecule has 9 atom stereocenters. The zero-order valence-corrected chi connectivity index (χ0v) is 31.5. The number of benzene rings is 2. The van der Waals surface area contributed by atoms with Crippen molar-refractivity contribution in [2.75, 3.05) is 0 Å². The molecule has 4 fully saturated rings. The first-order chi connectivity index (χ1) is 21.2. The number of hydrogen-bond acceptors (Lipinski definition) is 2. The van der Waals surface area contributed by atoms with Crippen molar-refractivity contribution < 1.29 is 9.53 Å². The standard InChI is InChI=1S/C41H60O2Si2/c1-39(2,3)45(32-15-11-9-12-16-32,33-17-13-10-14-18-33)43-31-23-26-40(4)30(29-31)19-20-34-35-21-22-37(38(42)25-28-44(6,7)8)41(35,5)27-24-36(34)40/h9-18,30-31,34-38,42H,19-24,26-27,29H2,1-8H3/t30-,31+,34?,35?,36?,37+,38?,40-,41-/m0/s1. The number of rotatable bonds is 5. The summed E-state index contributed by atoms with van der Waals surface area (Å²) in [5, 5.41) is 14.2. The molecule has 1 N–H and O–H groups in total. The molecular weight excluding hydrogens is 581 g/mol. The van der Waals surface area contributed by atoms with Crippen molar-refractivity contribution in [1.29, 1.82) is 0 Å². The third-order valence-corrected chi connectivity index (χ3v) is 19.4. The third kappa shape index (κ3) is 5.87. The maximum Gasteiger partial charge on any atom is 0.261 e. The lowest BCUT2D eigenvalue weighted by Crippen LogP contribution is -2.68. The highest BCUT2D eigenvalue weighted by atomic mass is 28.4. The third-order valence-electron chi connectivity index (χ3n) is 13.4. The van der Waals surface area contributed by atoms with Gasteiger partial charge in [-0.1, -0.05) is 121 Å². The molecule has 0 saturated heterocycles. The van der Waals surface area contributed by atoms with E-state index in [9.17, 15) is 5.11 Å². The first-order valence-electron chi connectivity index (χ1n) is 18.2. The van der Waals surface area contributed by atoms with Crippen LogP contribution in [0.2, 0.25) is 24.7 Å². The molecule has 244 valence electrons. The summed E-state index contributed by atoms with van der Waals surface area (Å²) in [6, 6.07) is 22.5. The zero-order valence-electron chi connectivity index (χ0n) is 29.5. The second kappa shape index (κ2) is 12.1. The van der Waals surface area contributed by atoms with Gasteiger partial charge in [-0.05, 0) is 108 Å². The SMILES string of the molecule is CC(C)(C)[Si](O[C@@H]1CC[C@]2(C)C3CC[C@@]4(C)C(CC[C@@H]4C(O)C#C[Si](C)(C)C)C3CC[C@H]2C1)(c1ccccc1)c1ccccc1. The molecule has 4 aliphatic carbocycles. The van der Waals surface area contributed by atoms with Gasteiger partial charge in [0.1, 0.15) is 14.2 Å². The van der Waals surface area contributed by atoms with E-state index >= 15 is 0 Å². The maximum absolute atomic E-state index is 11.3. The van der Waals surface area contributed by atoms with Crippen molar-refractivity contribution in [3.05, 3.63) is 60.7 Å². The second-order valence-electron chi connectivity index (χ2n) is 18.0. The number of fused-ring (bicyclic) bond motifs is 5. The van der Waals surface area contributed by atoms with Gasteiger partial charge in [-0.15, -0.1) is 5.54 Å². The minimum absolute atomic E-state index is 0.0188. The second-order valence-corrected chi connectivity index (χ2v) is 27.0. The van der Waals surface area contributed by atoms with Gasteiger partial charge in [0.05, 0.1) is 0 Å². The normalized spacial score (nSPS) is 35.8. The molecule has 0 radical (unpaired) electrons. The Bertz CT molecular complexity index is 1340. The molecule has 2 nitrogen and oxygen atoms in total. The van der Waals surface area contributed by atoms with Gasteiger partial charge in [0, 0.05) is 12.0 Å². The summed E-state index contributed by atoms with van der Waals surface area (Å²) in [6.45, 7) is 19.3. The molecular formula is C41H60O2Si2. The molecule has 4 heteroatoms. The van der Waals surface area contributed by atoms with Crippen LogP contribution in [0, 0.1) is 51.9 Å². The Morgan fingerprint density at radius 3 is 1.93 bits per heavy atom. The van der Waals surface area contributed by atoms with E-state index in [1.807, 2.05) is 0 Å². The average molecular weight is 641 g/mol. The van der Waals surface area contributed by atoms with E-state index < -0.39 is 22.5 Å². The lowest BCUT2D eigenvalue weighted by atomic mass is 9.44. The van der Waals surface area contributed by atoms with E-state index in [0.29, 0.717) is 17.4 Å². The van der Waals surface area contributed by atoms with Gasteiger partial charge in [-0.2, -0.15) is 0 Å². The van der Waals surface area contributed by atoms with Gasteiger partial charge in [-0.25, -0.2) is 0 Å². The van der Waals surface area contributed by atoms with Crippen molar-refractivity contribution in [3.63, 3.8) is 0 Å². The summed E-state index contributed by atoms with van der Waals surface area (Å²) in [4.78, 5) is 0. The van der Waals surface area contributed by atoms with E-state index in [0.717, 1.165) is 30.1 Å². The minimum Gasteiger partial charge on any atom is -0.404 e. The van der Waals surface area contributed by atoms with Crippen LogP contribution in [0.25, 0.3) is 0 Å². The minimum atomic E-state index is -2.55. The molecule has 0 spiro atoms. The van der Waals surface area contributed by atoms with E-state index in [1.54, 1.807) is 0 Å². The van der Waals surface area contributed by atoms with Crippen LogP contribution in [0.1, 0.15) is 92.4 Å². The fourth-order valence-corrected chi connectivity index (χ4v) is 16.5. The van der Waals surface area contributed by atoms with Crippen molar-refractivity contribution in [2.24, 2.45) is 40.4 Å². The Morgan fingerprint density at radius 2 is 1.36 bits per heavy atom. The van der Waals surface area contributed by atoms with Gasteiger partial charge < -0.3 is 9.53 Å². The van der Waals surface area contributed by atoms with E-state index in [1.165, 1.54) is 61.7 Å². The van der Waals surface area contributed by atoms with Gasteiger partial charge in [-0.3, -0.25) is 0 Å².